The number of carbonyl (C=O) groups is 1. The minimum atomic E-state index is -0.272. The Morgan fingerprint density at radius 2 is 2.24 bits per heavy atom. The standard InChI is InChI=1S/C13H12Cl2N4O2/c1-7(20)21-5-8-2-3-9(4-8)19-6-16-10-11(14)17-13(15)18-12(10)19/h2-3,6,8-9H,4-5H2,1H3/t8-,9+/m1/s1. The van der Waals surface area contributed by atoms with E-state index in [1.807, 2.05) is 16.7 Å². The second-order valence-electron chi connectivity index (χ2n) is 4.86. The molecule has 2 aromatic heterocycles. The molecule has 110 valence electrons. The van der Waals surface area contributed by atoms with Gasteiger partial charge < -0.3 is 9.30 Å². The van der Waals surface area contributed by atoms with Crippen molar-refractivity contribution in [3.63, 3.8) is 0 Å². The van der Waals surface area contributed by atoms with Crippen molar-refractivity contribution in [2.45, 2.75) is 19.4 Å². The molecule has 0 fully saturated rings. The maximum Gasteiger partial charge on any atom is 0.302 e. The smallest absolute Gasteiger partial charge is 0.302 e. The lowest BCUT2D eigenvalue weighted by Gasteiger charge is -2.13. The number of carbonyl (C=O) groups excluding carboxylic acids is 1. The first-order valence-corrected chi connectivity index (χ1v) is 7.17. The first-order valence-electron chi connectivity index (χ1n) is 6.42. The Labute approximate surface area is 130 Å². The lowest BCUT2D eigenvalue weighted by Crippen LogP contribution is -2.11. The number of allylic oxidation sites excluding steroid dienone is 1. The average Bonchev–Trinajstić information content (AvgIpc) is 3.02. The van der Waals surface area contributed by atoms with E-state index in [1.54, 1.807) is 6.33 Å². The van der Waals surface area contributed by atoms with E-state index in [1.165, 1.54) is 6.92 Å². The van der Waals surface area contributed by atoms with Crippen LogP contribution in [0.25, 0.3) is 11.2 Å². The number of nitrogens with zero attached hydrogens (tertiary/aromatic N) is 4. The van der Waals surface area contributed by atoms with Gasteiger partial charge in [-0.2, -0.15) is 4.98 Å². The van der Waals surface area contributed by atoms with Gasteiger partial charge in [0.15, 0.2) is 10.8 Å². The summed E-state index contributed by atoms with van der Waals surface area (Å²) in [6.45, 7) is 1.78. The maximum atomic E-state index is 10.9. The molecule has 0 saturated carbocycles. The van der Waals surface area contributed by atoms with Crippen LogP contribution in [0.4, 0.5) is 0 Å². The van der Waals surface area contributed by atoms with Gasteiger partial charge in [-0.15, -0.1) is 0 Å². The molecular weight excluding hydrogens is 315 g/mol. The van der Waals surface area contributed by atoms with Crippen LogP contribution in [-0.2, 0) is 9.53 Å². The van der Waals surface area contributed by atoms with Crippen LogP contribution in [0.3, 0.4) is 0 Å². The van der Waals surface area contributed by atoms with Gasteiger partial charge in [-0.1, -0.05) is 23.8 Å². The van der Waals surface area contributed by atoms with Crippen molar-refractivity contribution >= 4 is 40.3 Å². The third-order valence-corrected chi connectivity index (χ3v) is 3.79. The van der Waals surface area contributed by atoms with Crippen molar-refractivity contribution in [1.82, 2.24) is 19.5 Å². The fourth-order valence-corrected chi connectivity index (χ4v) is 2.83. The van der Waals surface area contributed by atoms with Gasteiger partial charge in [-0.3, -0.25) is 4.79 Å². The lowest BCUT2D eigenvalue weighted by molar-refractivity contribution is -0.141. The molecule has 0 amide bonds. The third kappa shape index (κ3) is 2.87. The van der Waals surface area contributed by atoms with E-state index in [-0.39, 0.29) is 28.4 Å². The van der Waals surface area contributed by atoms with Gasteiger partial charge >= 0.3 is 5.97 Å². The van der Waals surface area contributed by atoms with Crippen LogP contribution in [0.2, 0.25) is 10.4 Å². The van der Waals surface area contributed by atoms with Crippen molar-refractivity contribution in [3.05, 3.63) is 28.9 Å². The summed E-state index contributed by atoms with van der Waals surface area (Å²) < 4.78 is 6.94. The second-order valence-corrected chi connectivity index (χ2v) is 5.55. The minimum Gasteiger partial charge on any atom is -0.465 e. The van der Waals surface area contributed by atoms with Gasteiger partial charge in [0, 0.05) is 12.8 Å². The Hall–Kier alpha value is -1.66. The van der Waals surface area contributed by atoms with Crippen LogP contribution in [0.15, 0.2) is 18.5 Å². The summed E-state index contributed by atoms with van der Waals surface area (Å²) in [6.07, 6.45) is 6.55. The van der Waals surface area contributed by atoms with Crippen LogP contribution in [0.1, 0.15) is 19.4 Å². The number of hydrogen-bond acceptors (Lipinski definition) is 5. The largest absolute Gasteiger partial charge is 0.465 e. The van der Waals surface area contributed by atoms with Crippen LogP contribution in [-0.4, -0.2) is 32.1 Å². The summed E-state index contributed by atoms with van der Waals surface area (Å²) >= 11 is 11.9. The van der Waals surface area contributed by atoms with E-state index in [2.05, 4.69) is 15.0 Å². The van der Waals surface area contributed by atoms with E-state index >= 15 is 0 Å². The van der Waals surface area contributed by atoms with E-state index < -0.39 is 0 Å². The molecule has 1 aliphatic rings. The highest BCUT2D eigenvalue weighted by Crippen LogP contribution is 2.31. The minimum absolute atomic E-state index is 0.0811. The number of imidazole rings is 1. The number of ether oxygens (including phenoxy) is 1. The van der Waals surface area contributed by atoms with Gasteiger partial charge in [-0.25, -0.2) is 9.97 Å². The van der Waals surface area contributed by atoms with E-state index in [0.29, 0.717) is 17.8 Å². The molecule has 1 aliphatic carbocycles. The number of hydrogen-bond donors (Lipinski definition) is 0. The molecule has 0 spiro atoms. The highest BCUT2D eigenvalue weighted by molar-refractivity contribution is 6.35. The molecule has 2 atom stereocenters. The zero-order valence-corrected chi connectivity index (χ0v) is 12.7. The number of aromatic nitrogens is 4. The van der Waals surface area contributed by atoms with Crippen molar-refractivity contribution in [3.8, 4) is 0 Å². The fraction of sp³-hybridized carbons (Fsp3) is 0.385. The van der Waals surface area contributed by atoms with E-state index in [0.717, 1.165) is 6.42 Å². The number of esters is 1. The second kappa shape index (κ2) is 5.61. The Bertz CT molecular complexity index is 728. The Morgan fingerprint density at radius 3 is 3.00 bits per heavy atom. The highest BCUT2D eigenvalue weighted by atomic mass is 35.5. The van der Waals surface area contributed by atoms with E-state index in [4.69, 9.17) is 27.9 Å². The van der Waals surface area contributed by atoms with Crippen LogP contribution in [0, 0.1) is 5.92 Å². The molecular formula is C13H12Cl2N4O2. The molecule has 2 aromatic rings. The van der Waals surface area contributed by atoms with Crippen molar-refractivity contribution in [2.24, 2.45) is 5.92 Å². The normalized spacial score (nSPS) is 21.1. The summed E-state index contributed by atoms with van der Waals surface area (Å²) in [5.41, 5.74) is 1.13. The lowest BCUT2D eigenvalue weighted by atomic mass is 10.1. The highest BCUT2D eigenvalue weighted by Gasteiger charge is 2.23. The first-order chi connectivity index (χ1) is 10.0. The molecule has 8 heteroatoms. The Balaban J connectivity index is 1.83. The van der Waals surface area contributed by atoms with E-state index in [9.17, 15) is 4.79 Å². The number of halogens is 2. The quantitative estimate of drug-likeness (QED) is 0.375. The van der Waals surface area contributed by atoms with Gasteiger partial charge in [0.05, 0.1) is 19.0 Å². The molecule has 0 aliphatic heterocycles. The summed E-state index contributed by atoms with van der Waals surface area (Å²) in [6, 6.07) is 0.0811. The topological polar surface area (TPSA) is 69.9 Å². The predicted molar refractivity (Wildman–Crippen MR) is 78.3 cm³/mol. The fourth-order valence-electron chi connectivity index (χ4n) is 2.41. The molecule has 0 N–H and O–H groups in total. The summed E-state index contributed by atoms with van der Waals surface area (Å²) in [5, 5.41) is 0.329. The third-order valence-electron chi connectivity index (χ3n) is 3.36. The average molecular weight is 327 g/mol. The van der Waals surface area contributed by atoms with Gasteiger partial charge in [0.25, 0.3) is 0 Å². The van der Waals surface area contributed by atoms with Gasteiger partial charge in [0.1, 0.15) is 5.52 Å². The van der Waals surface area contributed by atoms with Crippen molar-refractivity contribution < 1.29 is 9.53 Å². The SMILES string of the molecule is CC(=O)OC[C@@H]1C=C[C@H](n2cnc3c(Cl)nc(Cl)nc32)C1. The first kappa shape index (κ1) is 14.3. The van der Waals surface area contributed by atoms with Crippen LogP contribution in [0.5, 0.6) is 0 Å². The summed E-state index contributed by atoms with van der Waals surface area (Å²) in [4.78, 5) is 23.1. The van der Waals surface area contributed by atoms with Gasteiger partial charge in [-0.05, 0) is 18.0 Å². The molecule has 0 saturated heterocycles. The summed E-state index contributed by atoms with van der Waals surface area (Å²) in [5.74, 6) is -0.0876. The molecule has 0 radical (unpaired) electrons. The molecule has 0 bridgehead atoms. The molecule has 21 heavy (non-hydrogen) atoms. The van der Waals surface area contributed by atoms with Crippen molar-refractivity contribution in [2.75, 3.05) is 6.61 Å². The molecule has 3 rings (SSSR count). The van der Waals surface area contributed by atoms with Crippen LogP contribution < -0.4 is 0 Å². The molecule has 0 unspecified atom stereocenters. The summed E-state index contributed by atoms with van der Waals surface area (Å²) in [7, 11) is 0. The van der Waals surface area contributed by atoms with Crippen LogP contribution >= 0.6 is 23.2 Å². The Kier molecular flexibility index (Phi) is 3.82. The monoisotopic (exact) mass is 326 g/mol. The zero-order valence-electron chi connectivity index (χ0n) is 11.2. The van der Waals surface area contributed by atoms with Crippen molar-refractivity contribution in [1.29, 1.82) is 0 Å². The molecule has 0 aromatic carbocycles. The molecule has 2 heterocycles. The predicted octanol–water partition coefficient (Wildman–Crippen LogP) is 2.81. The number of fused-ring (bicyclic) bond motifs is 1. The molecule has 6 nitrogen and oxygen atoms in total. The zero-order chi connectivity index (χ0) is 15.0. The maximum absolute atomic E-state index is 10.9. The Morgan fingerprint density at radius 1 is 1.43 bits per heavy atom. The number of rotatable bonds is 3. The van der Waals surface area contributed by atoms with Gasteiger partial charge in [0.2, 0.25) is 5.28 Å².